The molecule has 0 aromatic heterocycles. The van der Waals surface area contributed by atoms with Gasteiger partial charge < -0.3 is 15.6 Å². The molecular formula is C23H20FNO3. The number of hydrogen-bond donors (Lipinski definition) is 2. The molecule has 3 aromatic rings. The second-order valence-corrected chi connectivity index (χ2v) is 7.21. The van der Waals surface area contributed by atoms with Crippen molar-refractivity contribution in [1.29, 1.82) is 0 Å². The summed E-state index contributed by atoms with van der Waals surface area (Å²) in [5.41, 5.74) is 8.65. The number of hydrogen-bond acceptors (Lipinski definition) is 3. The van der Waals surface area contributed by atoms with Crippen LogP contribution in [0, 0.1) is 5.82 Å². The molecule has 142 valence electrons. The van der Waals surface area contributed by atoms with Gasteiger partial charge in [-0.2, -0.15) is 0 Å². The number of carboxylic acids is 1. The van der Waals surface area contributed by atoms with Gasteiger partial charge in [0.2, 0.25) is 0 Å². The molecule has 1 unspecified atom stereocenters. The van der Waals surface area contributed by atoms with E-state index >= 15 is 0 Å². The lowest BCUT2D eigenvalue weighted by Crippen LogP contribution is -2.52. The Morgan fingerprint density at radius 1 is 0.964 bits per heavy atom. The number of carboxylic acid groups (broad SMARTS) is 1. The minimum Gasteiger partial charge on any atom is -0.480 e. The van der Waals surface area contributed by atoms with E-state index < -0.39 is 11.5 Å². The van der Waals surface area contributed by atoms with Crippen molar-refractivity contribution < 1.29 is 19.0 Å². The fourth-order valence-electron chi connectivity index (χ4n) is 3.56. The van der Waals surface area contributed by atoms with Crippen molar-refractivity contribution in [3.63, 3.8) is 0 Å². The molecule has 0 amide bonds. The van der Waals surface area contributed by atoms with E-state index in [1.807, 2.05) is 42.5 Å². The van der Waals surface area contributed by atoms with E-state index in [-0.39, 0.29) is 12.2 Å². The van der Waals surface area contributed by atoms with Gasteiger partial charge in [-0.05, 0) is 71.5 Å². The Labute approximate surface area is 162 Å². The lowest BCUT2D eigenvalue weighted by Gasteiger charge is -2.31. The predicted octanol–water partition coefficient (Wildman–Crippen LogP) is 4.56. The molecule has 0 fully saturated rings. The van der Waals surface area contributed by atoms with Gasteiger partial charge in [-0.3, -0.25) is 4.79 Å². The monoisotopic (exact) mass is 377 g/mol. The average molecular weight is 377 g/mol. The van der Waals surface area contributed by atoms with Gasteiger partial charge in [0.05, 0.1) is 0 Å². The van der Waals surface area contributed by atoms with Gasteiger partial charge in [0.1, 0.15) is 22.9 Å². The van der Waals surface area contributed by atoms with Gasteiger partial charge in [0.25, 0.3) is 0 Å². The Bertz CT molecular complexity index is 1030. The molecule has 1 atom stereocenters. The van der Waals surface area contributed by atoms with Crippen molar-refractivity contribution in [3.05, 3.63) is 83.7 Å². The van der Waals surface area contributed by atoms with Gasteiger partial charge in [-0.25, -0.2) is 4.39 Å². The zero-order chi connectivity index (χ0) is 19.7. The molecule has 1 aliphatic carbocycles. The number of benzene rings is 3. The first-order valence-corrected chi connectivity index (χ1v) is 9.11. The zero-order valence-corrected chi connectivity index (χ0v) is 15.2. The molecule has 5 heteroatoms. The largest absolute Gasteiger partial charge is 0.480 e. The van der Waals surface area contributed by atoms with Crippen molar-refractivity contribution in [2.45, 2.75) is 24.8 Å². The topological polar surface area (TPSA) is 72.6 Å². The highest BCUT2D eigenvalue weighted by Crippen LogP contribution is 2.33. The molecule has 0 saturated heterocycles. The second-order valence-electron chi connectivity index (χ2n) is 7.21. The van der Waals surface area contributed by atoms with Crippen LogP contribution in [0.2, 0.25) is 0 Å². The zero-order valence-electron chi connectivity index (χ0n) is 15.2. The van der Waals surface area contributed by atoms with Gasteiger partial charge >= 0.3 is 5.97 Å². The van der Waals surface area contributed by atoms with E-state index in [4.69, 9.17) is 10.5 Å². The molecule has 0 heterocycles. The third-order valence-electron chi connectivity index (χ3n) is 5.20. The molecule has 0 bridgehead atoms. The molecular weight excluding hydrogens is 357 g/mol. The van der Waals surface area contributed by atoms with Crippen LogP contribution in [0.15, 0.2) is 66.7 Å². The number of nitrogens with two attached hydrogens (primary N) is 1. The number of aliphatic carboxylic acids is 1. The maximum absolute atomic E-state index is 13.1. The van der Waals surface area contributed by atoms with Crippen molar-refractivity contribution in [2.75, 3.05) is 0 Å². The summed E-state index contributed by atoms with van der Waals surface area (Å²) in [7, 11) is 0. The fraction of sp³-hybridized carbons (Fsp3) is 0.174. The average Bonchev–Trinajstić information content (AvgIpc) is 2.68. The van der Waals surface area contributed by atoms with Crippen molar-refractivity contribution in [3.8, 4) is 22.6 Å². The molecule has 1 aliphatic rings. The van der Waals surface area contributed by atoms with E-state index in [9.17, 15) is 14.3 Å². The summed E-state index contributed by atoms with van der Waals surface area (Å²) < 4.78 is 19.1. The van der Waals surface area contributed by atoms with Crippen LogP contribution in [0.5, 0.6) is 11.5 Å². The Morgan fingerprint density at radius 3 is 2.46 bits per heavy atom. The first-order chi connectivity index (χ1) is 13.4. The van der Waals surface area contributed by atoms with Crippen LogP contribution in [0.1, 0.15) is 17.5 Å². The number of fused-ring (bicyclic) bond motifs is 1. The number of carbonyl (C=O) groups is 1. The van der Waals surface area contributed by atoms with Gasteiger partial charge in [-0.1, -0.05) is 30.3 Å². The number of ether oxygens (including phenoxy) is 1. The van der Waals surface area contributed by atoms with Crippen LogP contribution in [-0.4, -0.2) is 16.6 Å². The number of aryl methyl sites for hydroxylation is 1. The van der Waals surface area contributed by atoms with Gasteiger partial charge in [-0.15, -0.1) is 0 Å². The first-order valence-electron chi connectivity index (χ1n) is 9.11. The minimum atomic E-state index is -1.23. The maximum Gasteiger partial charge on any atom is 0.324 e. The predicted molar refractivity (Wildman–Crippen MR) is 105 cm³/mol. The Balaban J connectivity index is 1.58. The standard InChI is InChI=1S/C23H20FNO3/c24-19-7-4-15(5-8-19)17-2-1-3-20(12-17)28-21-9-6-16-10-11-23(25,22(26)27)14-18(16)13-21/h1-9,12-13H,10-11,14,25H2,(H,26,27). The third kappa shape index (κ3) is 3.62. The molecule has 3 N–H and O–H groups in total. The van der Waals surface area contributed by atoms with E-state index in [1.165, 1.54) is 12.1 Å². The summed E-state index contributed by atoms with van der Waals surface area (Å²) in [5, 5.41) is 9.40. The SMILES string of the molecule is NC1(C(=O)O)CCc2ccc(Oc3cccc(-c4ccc(F)cc4)c3)cc2C1. The van der Waals surface area contributed by atoms with E-state index in [0.29, 0.717) is 24.3 Å². The summed E-state index contributed by atoms with van der Waals surface area (Å²) in [4.78, 5) is 11.5. The summed E-state index contributed by atoms with van der Waals surface area (Å²) in [6.45, 7) is 0. The van der Waals surface area contributed by atoms with Gasteiger partial charge in [0, 0.05) is 6.42 Å². The Morgan fingerprint density at radius 2 is 1.71 bits per heavy atom. The van der Waals surface area contributed by atoms with Crippen LogP contribution in [-0.2, 0) is 17.6 Å². The molecule has 0 spiro atoms. The summed E-state index contributed by atoms with van der Waals surface area (Å²) in [6.07, 6.45) is 1.35. The Hall–Kier alpha value is -3.18. The smallest absolute Gasteiger partial charge is 0.324 e. The van der Waals surface area contributed by atoms with Crippen LogP contribution in [0.4, 0.5) is 4.39 Å². The van der Waals surface area contributed by atoms with Crippen molar-refractivity contribution in [2.24, 2.45) is 5.73 Å². The summed E-state index contributed by atoms with van der Waals surface area (Å²) in [5.74, 6) is 0.0264. The highest BCUT2D eigenvalue weighted by molar-refractivity contribution is 5.79. The fourth-order valence-corrected chi connectivity index (χ4v) is 3.56. The van der Waals surface area contributed by atoms with Crippen LogP contribution in [0.3, 0.4) is 0 Å². The van der Waals surface area contributed by atoms with Crippen molar-refractivity contribution >= 4 is 5.97 Å². The lowest BCUT2D eigenvalue weighted by molar-refractivity contribution is -0.143. The lowest BCUT2D eigenvalue weighted by atomic mass is 9.78. The van der Waals surface area contributed by atoms with Crippen LogP contribution < -0.4 is 10.5 Å². The molecule has 3 aromatic carbocycles. The molecule has 0 radical (unpaired) electrons. The minimum absolute atomic E-state index is 0.275. The molecule has 4 rings (SSSR count). The second kappa shape index (κ2) is 7.09. The molecule has 0 aliphatic heterocycles. The highest BCUT2D eigenvalue weighted by atomic mass is 19.1. The maximum atomic E-state index is 13.1. The summed E-state index contributed by atoms with van der Waals surface area (Å²) >= 11 is 0. The molecule has 4 nitrogen and oxygen atoms in total. The van der Waals surface area contributed by atoms with Crippen LogP contribution >= 0.6 is 0 Å². The van der Waals surface area contributed by atoms with Gasteiger partial charge in [0.15, 0.2) is 0 Å². The Kier molecular flexibility index (Phi) is 4.61. The van der Waals surface area contributed by atoms with E-state index in [0.717, 1.165) is 22.3 Å². The molecule has 28 heavy (non-hydrogen) atoms. The van der Waals surface area contributed by atoms with E-state index in [2.05, 4.69) is 0 Å². The first kappa shape index (κ1) is 18.2. The molecule has 0 saturated carbocycles. The van der Waals surface area contributed by atoms with Crippen LogP contribution in [0.25, 0.3) is 11.1 Å². The van der Waals surface area contributed by atoms with E-state index in [1.54, 1.807) is 12.1 Å². The highest BCUT2D eigenvalue weighted by Gasteiger charge is 2.37. The normalized spacial score (nSPS) is 18.4. The third-order valence-corrected chi connectivity index (χ3v) is 5.20. The number of rotatable bonds is 4. The van der Waals surface area contributed by atoms with Crippen molar-refractivity contribution in [1.82, 2.24) is 0 Å². The quantitative estimate of drug-likeness (QED) is 0.699. The summed E-state index contributed by atoms with van der Waals surface area (Å²) in [6, 6.07) is 19.5. The number of halogens is 1.